The number of hydrogen-bond acceptors (Lipinski definition) is 6. The van der Waals surface area contributed by atoms with E-state index >= 15 is 0 Å². The Morgan fingerprint density at radius 2 is 1.95 bits per heavy atom. The van der Waals surface area contributed by atoms with Gasteiger partial charge in [0.1, 0.15) is 10.8 Å². The van der Waals surface area contributed by atoms with E-state index in [-0.39, 0.29) is 5.69 Å². The van der Waals surface area contributed by atoms with E-state index in [9.17, 15) is 10.1 Å². The second-order valence-corrected chi connectivity index (χ2v) is 5.14. The molecule has 0 aliphatic rings. The van der Waals surface area contributed by atoms with Crippen LogP contribution in [0.25, 0.3) is 21.8 Å². The van der Waals surface area contributed by atoms with Crippen LogP contribution in [0.15, 0.2) is 48.0 Å². The minimum Gasteiger partial charge on any atom is -0.383 e. The van der Waals surface area contributed by atoms with Gasteiger partial charge in [0.2, 0.25) is 0 Å². The van der Waals surface area contributed by atoms with Crippen molar-refractivity contribution in [3.8, 4) is 21.8 Å². The van der Waals surface area contributed by atoms with Gasteiger partial charge in [-0.15, -0.1) is 11.3 Å². The zero-order chi connectivity index (χ0) is 14.8. The van der Waals surface area contributed by atoms with Crippen molar-refractivity contribution in [2.75, 3.05) is 5.73 Å². The van der Waals surface area contributed by atoms with Gasteiger partial charge in [-0.1, -0.05) is 0 Å². The minimum atomic E-state index is -0.424. The average Bonchev–Trinajstić information content (AvgIpc) is 2.97. The fourth-order valence-electron chi connectivity index (χ4n) is 1.88. The molecule has 1 aromatic carbocycles. The first-order valence-corrected chi connectivity index (χ1v) is 6.94. The minimum absolute atomic E-state index is 0.0608. The largest absolute Gasteiger partial charge is 0.383 e. The van der Waals surface area contributed by atoms with Crippen LogP contribution in [0.4, 0.5) is 11.5 Å². The van der Waals surface area contributed by atoms with Crippen molar-refractivity contribution < 1.29 is 4.92 Å². The van der Waals surface area contributed by atoms with Crippen molar-refractivity contribution in [2.45, 2.75) is 0 Å². The van der Waals surface area contributed by atoms with Crippen LogP contribution in [-0.2, 0) is 0 Å². The van der Waals surface area contributed by atoms with E-state index in [1.165, 1.54) is 23.5 Å². The van der Waals surface area contributed by atoms with Crippen LogP contribution >= 0.6 is 11.3 Å². The number of aromatic nitrogens is 2. The molecule has 21 heavy (non-hydrogen) atoms. The van der Waals surface area contributed by atoms with E-state index in [2.05, 4.69) is 9.97 Å². The van der Waals surface area contributed by atoms with E-state index in [0.717, 1.165) is 21.8 Å². The van der Waals surface area contributed by atoms with Gasteiger partial charge in [-0.25, -0.2) is 9.97 Å². The van der Waals surface area contributed by atoms with E-state index < -0.39 is 4.92 Å². The summed E-state index contributed by atoms with van der Waals surface area (Å²) in [4.78, 5) is 18.8. The van der Waals surface area contributed by atoms with Crippen LogP contribution in [0.2, 0.25) is 0 Å². The Labute approximate surface area is 124 Å². The summed E-state index contributed by atoms with van der Waals surface area (Å²) in [5.41, 5.74) is 8.26. The number of nitrogen functional groups attached to an aromatic ring is 1. The van der Waals surface area contributed by atoms with Crippen molar-refractivity contribution in [1.82, 2.24) is 9.97 Å². The van der Waals surface area contributed by atoms with Gasteiger partial charge in [0.15, 0.2) is 0 Å². The van der Waals surface area contributed by atoms with Crippen molar-refractivity contribution >= 4 is 22.8 Å². The van der Waals surface area contributed by atoms with Gasteiger partial charge in [-0.2, -0.15) is 0 Å². The molecule has 0 fully saturated rings. The quantitative estimate of drug-likeness (QED) is 0.591. The third kappa shape index (κ3) is 2.59. The molecule has 2 aromatic heterocycles. The fraction of sp³-hybridized carbons (Fsp3) is 0. The molecule has 104 valence electrons. The zero-order valence-electron chi connectivity index (χ0n) is 10.8. The van der Waals surface area contributed by atoms with Gasteiger partial charge >= 0.3 is 0 Å². The van der Waals surface area contributed by atoms with Gasteiger partial charge in [-0.05, 0) is 24.3 Å². The number of anilines is 1. The number of non-ortho nitro benzene ring substituents is 1. The molecule has 0 radical (unpaired) electrons. The van der Waals surface area contributed by atoms with Crippen LogP contribution in [0, 0.1) is 10.1 Å². The monoisotopic (exact) mass is 298 g/mol. The van der Waals surface area contributed by atoms with Crippen molar-refractivity contribution in [3.05, 3.63) is 58.1 Å². The van der Waals surface area contributed by atoms with Gasteiger partial charge in [0.05, 0.1) is 16.2 Å². The predicted molar refractivity (Wildman–Crippen MR) is 81.8 cm³/mol. The fourth-order valence-corrected chi connectivity index (χ4v) is 2.74. The lowest BCUT2D eigenvalue weighted by Gasteiger charge is -1.99. The number of nitro benzene ring substituents is 1. The average molecular weight is 298 g/mol. The Balaban J connectivity index is 1.95. The Kier molecular flexibility index (Phi) is 3.33. The Bertz CT molecular complexity index is 799. The van der Waals surface area contributed by atoms with E-state index in [0.29, 0.717) is 5.82 Å². The highest BCUT2D eigenvalue weighted by Gasteiger charge is 2.11. The van der Waals surface area contributed by atoms with Gasteiger partial charge in [-0.3, -0.25) is 10.1 Å². The number of pyridine rings is 1. The first-order chi connectivity index (χ1) is 10.1. The molecular formula is C14H10N4O2S. The third-order valence-electron chi connectivity index (χ3n) is 2.95. The molecule has 0 amide bonds. The standard InChI is InChI=1S/C14H10N4O2S/c15-13-11(2-1-7-16-13)14-17-12(8-21-14)9-3-5-10(6-4-9)18(19)20/h1-8H,(H2,15,16). The maximum atomic E-state index is 10.6. The summed E-state index contributed by atoms with van der Waals surface area (Å²) in [6.07, 6.45) is 1.63. The summed E-state index contributed by atoms with van der Waals surface area (Å²) in [5.74, 6) is 0.432. The Morgan fingerprint density at radius 3 is 2.62 bits per heavy atom. The molecule has 6 nitrogen and oxygen atoms in total. The lowest BCUT2D eigenvalue weighted by atomic mass is 10.1. The molecule has 0 bridgehead atoms. The first-order valence-electron chi connectivity index (χ1n) is 6.06. The van der Waals surface area contributed by atoms with E-state index in [4.69, 9.17) is 5.73 Å². The van der Waals surface area contributed by atoms with Crippen LogP contribution in [0.1, 0.15) is 0 Å². The number of rotatable bonds is 3. The Hall–Kier alpha value is -2.80. The molecule has 2 N–H and O–H groups in total. The van der Waals surface area contributed by atoms with Crippen molar-refractivity contribution in [3.63, 3.8) is 0 Å². The molecule has 0 unspecified atom stereocenters. The number of nitro groups is 1. The van der Waals surface area contributed by atoms with Crippen molar-refractivity contribution in [1.29, 1.82) is 0 Å². The molecule has 7 heteroatoms. The molecule has 0 spiro atoms. The summed E-state index contributed by atoms with van der Waals surface area (Å²) in [5, 5.41) is 13.3. The topological polar surface area (TPSA) is 94.9 Å². The SMILES string of the molecule is Nc1ncccc1-c1nc(-c2ccc([N+](=O)[O-])cc2)cs1. The maximum absolute atomic E-state index is 10.6. The number of nitrogens with two attached hydrogens (primary N) is 1. The van der Waals surface area contributed by atoms with Crippen LogP contribution in [0.3, 0.4) is 0 Å². The summed E-state index contributed by atoms with van der Waals surface area (Å²) >= 11 is 1.46. The summed E-state index contributed by atoms with van der Waals surface area (Å²) in [6.45, 7) is 0. The number of nitrogens with zero attached hydrogens (tertiary/aromatic N) is 3. The molecule has 0 saturated heterocycles. The lowest BCUT2D eigenvalue weighted by molar-refractivity contribution is -0.384. The summed E-state index contributed by atoms with van der Waals surface area (Å²) < 4.78 is 0. The van der Waals surface area contributed by atoms with E-state index in [1.54, 1.807) is 24.4 Å². The second-order valence-electron chi connectivity index (χ2n) is 4.28. The smallest absolute Gasteiger partial charge is 0.269 e. The predicted octanol–water partition coefficient (Wildman–Crippen LogP) is 3.36. The van der Waals surface area contributed by atoms with Crippen LogP contribution in [0.5, 0.6) is 0 Å². The highest BCUT2D eigenvalue weighted by Crippen LogP contribution is 2.31. The van der Waals surface area contributed by atoms with Crippen molar-refractivity contribution in [2.24, 2.45) is 0 Å². The third-order valence-corrected chi connectivity index (χ3v) is 3.82. The van der Waals surface area contributed by atoms with Gasteiger partial charge in [0.25, 0.3) is 5.69 Å². The summed E-state index contributed by atoms with van der Waals surface area (Å²) in [7, 11) is 0. The molecule has 0 atom stereocenters. The molecule has 0 aliphatic heterocycles. The van der Waals surface area contributed by atoms with Gasteiger partial charge in [0, 0.05) is 29.3 Å². The molecule has 3 aromatic rings. The first kappa shape index (κ1) is 13.2. The molecule has 0 saturated carbocycles. The lowest BCUT2D eigenvalue weighted by Crippen LogP contribution is -1.92. The highest BCUT2D eigenvalue weighted by molar-refractivity contribution is 7.13. The summed E-state index contributed by atoms with van der Waals surface area (Å²) in [6, 6.07) is 9.96. The number of thiazole rings is 1. The van der Waals surface area contributed by atoms with Gasteiger partial charge < -0.3 is 5.73 Å². The zero-order valence-corrected chi connectivity index (χ0v) is 11.6. The molecular weight excluding hydrogens is 288 g/mol. The highest BCUT2D eigenvalue weighted by atomic mass is 32.1. The number of benzene rings is 1. The maximum Gasteiger partial charge on any atom is 0.269 e. The van der Waals surface area contributed by atoms with Crippen LogP contribution < -0.4 is 5.73 Å². The Morgan fingerprint density at radius 1 is 1.19 bits per heavy atom. The molecule has 2 heterocycles. The molecule has 3 rings (SSSR count). The van der Waals surface area contributed by atoms with Crippen LogP contribution in [-0.4, -0.2) is 14.9 Å². The second kappa shape index (κ2) is 5.29. The normalized spacial score (nSPS) is 10.5. The van der Waals surface area contributed by atoms with E-state index in [1.807, 2.05) is 11.4 Å². The number of hydrogen-bond donors (Lipinski definition) is 1. The molecule has 0 aliphatic carbocycles.